The van der Waals surface area contributed by atoms with E-state index in [4.69, 9.17) is 5.11 Å². The molecule has 5 heteroatoms. The quantitative estimate of drug-likeness (QED) is 0.732. The molecule has 2 N–H and O–H groups in total. The van der Waals surface area contributed by atoms with Gasteiger partial charge in [-0.3, -0.25) is 4.79 Å². The van der Waals surface area contributed by atoms with E-state index in [0.717, 1.165) is 25.0 Å². The maximum atomic E-state index is 13.3. The molecule has 0 aromatic heterocycles. The lowest BCUT2D eigenvalue weighted by Crippen LogP contribution is -2.26. The summed E-state index contributed by atoms with van der Waals surface area (Å²) in [5, 5.41) is 11.2. The second kappa shape index (κ2) is 7.76. The Morgan fingerprint density at radius 3 is 2.44 bits per heavy atom. The van der Waals surface area contributed by atoms with Gasteiger partial charge in [-0.1, -0.05) is 6.07 Å². The molecule has 1 aromatic carbocycles. The third-order valence-electron chi connectivity index (χ3n) is 2.56. The molecule has 0 aliphatic carbocycles. The molecule has 0 aliphatic rings. The molecule has 0 atom stereocenters. The van der Waals surface area contributed by atoms with Gasteiger partial charge in [-0.2, -0.15) is 0 Å². The third kappa shape index (κ3) is 4.79. The predicted molar refractivity (Wildman–Crippen MR) is 64.0 cm³/mol. The first-order chi connectivity index (χ1) is 8.65. The highest BCUT2D eigenvalue weighted by Crippen LogP contribution is 2.12. The number of rotatable bonds is 7. The fourth-order valence-corrected chi connectivity index (χ4v) is 1.57. The maximum absolute atomic E-state index is 13.3. The van der Waals surface area contributed by atoms with Gasteiger partial charge in [0.25, 0.3) is 0 Å². The number of aliphatic hydroxyl groups is 1. The molecule has 1 rings (SSSR count). The zero-order valence-electron chi connectivity index (χ0n) is 10.1. The zero-order valence-corrected chi connectivity index (χ0v) is 10.1. The largest absolute Gasteiger partial charge is 0.396 e. The lowest BCUT2D eigenvalue weighted by Gasteiger charge is -2.06. The van der Waals surface area contributed by atoms with Crippen molar-refractivity contribution in [1.82, 2.24) is 5.32 Å². The molecule has 0 bridgehead atoms. The topological polar surface area (TPSA) is 49.3 Å². The summed E-state index contributed by atoms with van der Waals surface area (Å²) in [5.74, 6) is -1.81. The lowest BCUT2D eigenvalue weighted by molar-refractivity contribution is -0.120. The van der Waals surface area contributed by atoms with Crippen LogP contribution in [0.2, 0.25) is 0 Å². The van der Waals surface area contributed by atoms with Crippen LogP contribution in [0.5, 0.6) is 0 Å². The van der Waals surface area contributed by atoms with E-state index in [1.807, 2.05) is 0 Å². The first kappa shape index (κ1) is 14.6. The summed E-state index contributed by atoms with van der Waals surface area (Å²) in [4.78, 5) is 11.5. The summed E-state index contributed by atoms with van der Waals surface area (Å²) < 4.78 is 26.5. The Bertz CT molecular complexity index is 376. The first-order valence-electron chi connectivity index (χ1n) is 5.95. The van der Waals surface area contributed by atoms with Crippen molar-refractivity contribution in [3.05, 3.63) is 35.4 Å². The van der Waals surface area contributed by atoms with Gasteiger partial charge in [0.05, 0.1) is 6.42 Å². The van der Waals surface area contributed by atoms with Crippen molar-refractivity contribution in [3.8, 4) is 0 Å². The Kier molecular flexibility index (Phi) is 6.28. The minimum atomic E-state index is -0.703. The zero-order chi connectivity index (χ0) is 13.4. The summed E-state index contributed by atoms with van der Waals surface area (Å²) >= 11 is 0. The SMILES string of the molecule is O=C(Cc1c(F)cccc1F)NCCCCCO. The molecule has 0 radical (unpaired) electrons. The van der Waals surface area contributed by atoms with Gasteiger partial charge in [0, 0.05) is 18.7 Å². The summed E-state index contributed by atoms with van der Waals surface area (Å²) in [6, 6.07) is 3.53. The van der Waals surface area contributed by atoms with E-state index in [-0.39, 0.29) is 18.6 Å². The van der Waals surface area contributed by atoms with Crippen LogP contribution in [0.1, 0.15) is 24.8 Å². The third-order valence-corrected chi connectivity index (χ3v) is 2.56. The minimum Gasteiger partial charge on any atom is -0.396 e. The number of hydrogen-bond donors (Lipinski definition) is 2. The van der Waals surface area contributed by atoms with Crippen LogP contribution < -0.4 is 5.32 Å². The molecule has 0 unspecified atom stereocenters. The van der Waals surface area contributed by atoms with Crippen molar-refractivity contribution in [2.75, 3.05) is 13.2 Å². The van der Waals surface area contributed by atoms with E-state index < -0.39 is 17.5 Å². The normalized spacial score (nSPS) is 10.4. The van der Waals surface area contributed by atoms with E-state index in [2.05, 4.69) is 5.32 Å². The van der Waals surface area contributed by atoms with Crippen LogP contribution in [0.15, 0.2) is 18.2 Å². The number of aliphatic hydroxyl groups excluding tert-OH is 1. The fourth-order valence-electron chi connectivity index (χ4n) is 1.57. The molecule has 0 saturated heterocycles. The van der Waals surface area contributed by atoms with Crippen LogP contribution in [0.3, 0.4) is 0 Å². The van der Waals surface area contributed by atoms with Crippen LogP contribution >= 0.6 is 0 Å². The van der Waals surface area contributed by atoms with Crippen molar-refractivity contribution < 1.29 is 18.7 Å². The van der Waals surface area contributed by atoms with Gasteiger partial charge in [-0.05, 0) is 31.4 Å². The number of halogens is 2. The Morgan fingerprint density at radius 2 is 1.83 bits per heavy atom. The molecule has 3 nitrogen and oxygen atoms in total. The number of carbonyl (C=O) groups is 1. The highest BCUT2D eigenvalue weighted by molar-refractivity contribution is 5.78. The monoisotopic (exact) mass is 257 g/mol. The van der Waals surface area contributed by atoms with Crippen molar-refractivity contribution in [2.45, 2.75) is 25.7 Å². The molecule has 0 heterocycles. The highest BCUT2D eigenvalue weighted by atomic mass is 19.1. The fraction of sp³-hybridized carbons (Fsp3) is 0.462. The number of carbonyl (C=O) groups excluding carboxylic acids is 1. The number of unbranched alkanes of at least 4 members (excludes halogenated alkanes) is 2. The molecular weight excluding hydrogens is 240 g/mol. The van der Waals surface area contributed by atoms with Crippen molar-refractivity contribution in [2.24, 2.45) is 0 Å². The van der Waals surface area contributed by atoms with Crippen LogP contribution in [-0.2, 0) is 11.2 Å². The standard InChI is InChI=1S/C13H17F2NO2/c14-11-5-4-6-12(15)10(11)9-13(18)16-7-2-1-3-8-17/h4-6,17H,1-3,7-9H2,(H,16,18). The smallest absolute Gasteiger partial charge is 0.224 e. The number of hydrogen-bond acceptors (Lipinski definition) is 2. The Labute approximate surface area is 105 Å². The first-order valence-corrected chi connectivity index (χ1v) is 5.95. The van der Waals surface area contributed by atoms with Gasteiger partial charge in [-0.15, -0.1) is 0 Å². The van der Waals surface area contributed by atoms with Crippen molar-refractivity contribution in [1.29, 1.82) is 0 Å². The van der Waals surface area contributed by atoms with Crippen LogP contribution in [0.4, 0.5) is 8.78 Å². The van der Waals surface area contributed by atoms with E-state index in [0.29, 0.717) is 13.0 Å². The van der Waals surface area contributed by atoms with Gasteiger partial charge in [0.2, 0.25) is 5.91 Å². The van der Waals surface area contributed by atoms with Crippen molar-refractivity contribution >= 4 is 5.91 Å². The Hall–Kier alpha value is -1.49. The molecule has 100 valence electrons. The molecule has 0 spiro atoms. The maximum Gasteiger partial charge on any atom is 0.224 e. The summed E-state index contributed by atoms with van der Waals surface area (Å²) in [5.41, 5.74) is -0.203. The molecule has 1 amide bonds. The van der Waals surface area contributed by atoms with Gasteiger partial charge in [-0.25, -0.2) is 8.78 Å². The van der Waals surface area contributed by atoms with E-state index in [1.165, 1.54) is 6.07 Å². The molecule has 0 aliphatic heterocycles. The molecular formula is C13H17F2NO2. The summed E-state index contributed by atoms with van der Waals surface area (Å²) in [7, 11) is 0. The highest BCUT2D eigenvalue weighted by Gasteiger charge is 2.12. The van der Waals surface area contributed by atoms with Crippen molar-refractivity contribution in [3.63, 3.8) is 0 Å². The van der Waals surface area contributed by atoms with Gasteiger partial charge >= 0.3 is 0 Å². The average molecular weight is 257 g/mol. The second-order valence-electron chi connectivity index (χ2n) is 4.01. The van der Waals surface area contributed by atoms with Crippen LogP contribution in [0, 0.1) is 11.6 Å². The minimum absolute atomic E-state index is 0.133. The number of amides is 1. The summed E-state index contributed by atoms with van der Waals surface area (Å²) in [6.07, 6.45) is 1.95. The predicted octanol–water partition coefficient (Wildman–Crippen LogP) is 1.79. The molecule has 0 saturated carbocycles. The molecule has 18 heavy (non-hydrogen) atoms. The van der Waals surface area contributed by atoms with Gasteiger partial charge < -0.3 is 10.4 Å². The number of nitrogens with one attached hydrogen (secondary N) is 1. The summed E-state index contributed by atoms with van der Waals surface area (Å²) in [6.45, 7) is 0.587. The van der Waals surface area contributed by atoms with Crippen LogP contribution in [0.25, 0.3) is 0 Å². The molecule has 1 aromatic rings. The van der Waals surface area contributed by atoms with Crippen LogP contribution in [-0.4, -0.2) is 24.2 Å². The van der Waals surface area contributed by atoms with Gasteiger partial charge in [0.15, 0.2) is 0 Å². The van der Waals surface area contributed by atoms with E-state index in [1.54, 1.807) is 0 Å². The Balaban J connectivity index is 2.36. The lowest BCUT2D eigenvalue weighted by atomic mass is 10.1. The average Bonchev–Trinajstić information content (AvgIpc) is 2.34. The van der Waals surface area contributed by atoms with E-state index in [9.17, 15) is 13.6 Å². The number of benzene rings is 1. The second-order valence-corrected chi connectivity index (χ2v) is 4.01. The van der Waals surface area contributed by atoms with Gasteiger partial charge in [0.1, 0.15) is 11.6 Å². The van der Waals surface area contributed by atoms with E-state index >= 15 is 0 Å². The Morgan fingerprint density at radius 1 is 1.17 bits per heavy atom. The molecule has 0 fully saturated rings.